The van der Waals surface area contributed by atoms with Crippen LogP contribution in [0.25, 0.3) is 10.8 Å². The van der Waals surface area contributed by atoms with Gasteiger partial charge in [0.15, 0.2) is 0 Å². The number of amides is 1. The van der Waals surface area contributed by atoms with Crippen molar-refractivity contribution in [2.75, 3.05) is 18.1 Å². The quantitative estimate of drug-likeness (QED) is 0.320. The summed E-state index contributed by atoms with van der Waals surface area (Å²) in [6, 6.07) is 12.5. The lowest BCUT2D eigenvalue weighted by Gasteiger charge is -2.18. The summed E-state index contributed by atoms with van der Waals surface area (Å²) in [4.78, 5) is 27.1. The van der Waals surface area contributed by atoms with Gasteiger partial charge in [-0.1, -0.05) is 55.3 Å². The third-order valence-corrected chi connectivity index (χ3v) is 6.26. The van der Waals surface area contributed by atoms with Crippen molar-refractivity contribution in [1.82, 2.24) is 0 Å². The molecule has 0 fully saturated rings. The van der Waals surface area contributed by atoms with E-state index in [-0.39, 0.29) is 31.4 Å². The minimum atomic E-state index is -2.64. The lowest BCUT2D eigenvalue weighted by molar-refractivity contribution is -0.142. The van der Waals surface area contributed by atoms with E-state index in [2.05, 4.69) is 0 Å². The zero-order valence-electron chi connectivity index (χ0n) is 19.6. The van der Waals surface area contributed by atoms with Crippen LogP contribution < -0.4 is 9.64 Å². The van der Waals surface area contributed by atoms with Crippen LogP contribution in [0.1, 0.15) is 47.3 Å². The Morgan fingerprint density at radius 2 is 1.89 bits per heavy atom. The number of anilines is 1. The van der Waals surface area contributed by atoms with Crippen molar-refractivity contribution >= 4 is 39.9 Å². The molecular weight excluding hydrogens is 476 g/mol. The molecule has 0 unspecified atom stereocenters. The van der Waals surface area contributed by atoms with E-state index in [0.29, 0.717) is 45.0 Å². The summed E-state index contributed by atoms with van der Waals surface area (Å²) in [5.74, 6) is -0.310. The van der Waals surface area contributed by atoms with Crippen LogP contribution in [0.3, 0.4) is 0 Å². The maximum absolute atomic E-state index is 13.7. The summed E-state index contributed by atoms with van der Waals surface area (Å²) in [6.07, 6.45) is -1.11. The smallest absolute Gasteiger partial charge is 0.310 e. The molecule has 0 saturated carbocycles. The molecule has 0 atom stereocenters. The number of fused-ring (bicyclic) bond motifs is 2. The number of nitrogens with zero attached hydrogens (tertiary/aromatic N) is 1. The second kappa shape index (κ2) is 10.6. The van der Waals surface area contributed by atoms with Crippen LogP contribution in [0.2, 0.25) is 5.02 Å². The Kier molecular flexibility index (Phi) is 7.55. The molecule has 1 aliphatic heterocycles. The Bertz CT molecular complexity index is 1280. The van der Waals surface area contributed by atoms with Crippen molar-refractivity contribution in [2.24, 2.45) is 0 Å². The highest BCUT2D eigenvalue weighted by atomic mass is 35.5. The van der Waals surface area contributed by atoms with Crippen molar-refractivity contribution in [2.45, 2.75) is 46.1 Å². The van der Waals surface area contributed by atoms with E-state index in [4.69, 9.17) is 21.1 Å². The fraction of sp³-hybridized carbons (Fsp3) is 0.333. The van der Waals surface area contributed by atoms with Gasteiger partial charge in [0.2, 0.25) is 0 Å². The van der Waals surface area contributed by atoms with E-state index in [1.54, 1.807) is 25.1 Å². The number of carbonyl (C=O) groups excluding carboxylic acids is 2. The van der Waals surface area contributed by atoms with Gasteiger partial charge in [-0.2, -0.15) is 0 Å². The molecule has 4 rings (SSSR count). The molecule has 3 aromatic carbocycles. The first-order valence-electron chi connectivity index (χ1n) is 11.6. The predicted octanol–water partition coefficient (Wildman–Crippen LogP) is 6.36. The number of carbonyl (C=O) groups is 2. The summed E-state index contributed by atoms with van der Waals surface area (Å²) in [5.41, 5.74) is 3.10. The van der Waals surface area contributed by atoms with Crippen molar-refractivity contribution in [1.29, 1.82) is 0 Å². The van der Waals surface area contributed by atoms with Gasteiger partial charge >= 0.3 is 5.97 Å². The third kappa shape index (κ3) is 4.96. The van der Waals surface area contributed by atoms with Crippen LogP contribution in [0.4, 0.5) is 14.5 Å². The lowest BCUT2D eigenvalue weighted by atomic mass is 9.91. The van der Waals surface area contributed by atoms with Crippen molar-refractivity contribution in [3.05, 3.63) is 69.7 Å². The molecule has 1 aliphatic rings. The lowest BCUT2D eigenvalue weighted by Crippen LogP contribution is -2.24. The van der Waals surface area contributed by atoms with E-state index >= 15 is 0 Å². The molecule has 184 valence electrons. The van der Waals surface area contributed by atoms with Crippen molar-refractivity contribution in [3.63, 3.8) is 0 Å². The van der Waals surface area contributed by atoms with Gasteiger partial charge in [0.1, 0.15) is 12.4 Å². The largest absolute Gasteiger partial charge is 0.487 e. The van der Waals surface area contributed by atoms with Crippen LogP contribution in [-0.4, -0.2) is 31.5 Å². The van der Waals surface area contributed by atoms with E-state index < -0.39 is 13.0 Å². The molecule has 0 bridgehead atoms. The third-order valence-electron chi connectivity index (χ3n) is 5.96. The summed E-state index contributed by atoms with van der Waals surface area (Å²) in [6.45, 7) is 3.43. The Hall–Kier alpha value is -3.19. The SMILES string of the molecule is CCCc1c2c(c(OCC(F)F)c3ccccc13)CN(c1ccc(CC(=O)OCC)cc1Cl)C2=O. The standard InChI is InChI=1S/C27H26ClF2NO4/c1-3-7-18-17-8-5-6-9-19(17)26(35-15-23(29)30)20-14-31(27(33)25(18)20)22-11-10-16(12-21(22)28)13-24(32)34-4-2/h5-6,8-12,23H,3-4,7,13-15H2,1-2H3. The number of ether oxygens (including phenoxy) is 2. The Labute approximate surface area is 207 Å². The Morgan fingerprint density at radius 1 is 1.14 bits per heavy atom. The molecule has 8 heteroatoms. The van der Waals surface area contributed by atoms with Gasteiger partial charge in [0.25, 0.3) is 12.3 Å². The first-order valence-corrected chi connectivity index (χ1v) is 12.0. The predicted molar refractivity (Wildman–Crippen MR) is 132 cm³/mol. The maximum atomic E-state index is 13.7. The molecule has 0 saturated heterocycles. The van der Waals surface area contributed by atoms with Crippen LogP contribution >= 0.6 is 11.6 Å². The summed E-state index contributed by atoms with van der Waals surface area (Å²) < 4.78 is 36.7. The monoisotopic (exact) mass is 501 g/mol. The van der Waals surface area contributed by atoms with E-state index in [0.717, 1.165) is 17.4 Å². The normalized spacial score (nSPS) is 13.0. The summed E-state index contributed by atoms with van der Waals surface area (Å²) >= 11 is 6.55. The number of halogens is 3. The van der Waals surface area contributed by atoms with E-state index in [1.807, 2.05) is 31.2 Å². The van der Waals surface area contributed by atoms with E-state index in [9.17, 15) is 18.4 Å². The number of benzene rings is 3. The number of rotatable bonds is 9. The molecular formula is C27H26ClF2NO4. The highest BCUT2D eigenvalue weighted by Crippen LogP contribution is 2.44. The molecule has 1 amide bonds. The van der Waals surface area contributed by atoms with Gasteiger partial charge in [-0.3, -0.25) is 9.59 Å². The maximum Gasteiger partial charge on any atom is 0.310 e. The first kappa shape index (κ1) is 24.9. The van der Waals surface area contributed by atoms with Gasteiger partial charge in [-0.25, -0.2) is 8.78 Å². The number of aryl methyl sites for hydroxylation is 1. The number of alkyl halides is 2. The molecule has 0 aromatic heterocycles. The highest BCUT2D eigenvalue weighted by Gasteiger charge is 2.36. The molecule has 3 aromatic rings. The van der Waals surface area contributed by atoms with Gasteiger partial charge in [-0.15, -0.1) is 0 Å². The highest BCUT2D eigenvalue weighted by molar-refractivity contribution is 6.34. The topological polar surface area (TPSA) is 55.8 Å². The van der Waals surface area contributed by atoms with Gasteiger partial charge < -0.3 is 14.4 Å². The van der Waals surface area contributed by atoms with Crippen molar-refractivity contribution in [3.8, 4) is 5.75 Å². The average Bonchev–Trinajstić information content (AvgIpc) is 3.15. The average molecular weight is 502 g/mol. The van der Waals surface area contributed by atoms with Crippen LogP contribution in [-0.2, 0) is 28.9 Å². The van der Waals surface area contributed by atoms with Crippen molar-refractivity contribution < 1.29 is 27.8 Å². The fourth-order valence-corrected chi connectivity index (χ4v) is 4.89. The summed E-state index contributed by atoms with van der Waals surface area (Å²) in [7, 11) is 0. The zero-order valence-corrected chi connectivity index (χ0v) is 20.3. The molecule has 0 N–H and O–H groups in total. The molecule has 0 aliphatic carbocycles. The second-order valence-electron chi connectivity index (χ2n) is 8.32. The van der Waals surface area contributed by atoms with Crippen LogP contribution in [0.15, 0.2) is 42.5 Å². The van der Waals surface area contributed by atoms with Gasteiger partial charge in [-0.05, 0) is 42.0 Å². The molecule has 35 heavy (non-hydrogen) atoms. The number of hydrogen-bond acceptors (Lipinski definition) is 4. The number of esters is 1. The molecule has 1 heterocycles. The minimum absolute atomic E-state index is 0.0691. The Morgan fingerprint density at radius 3 is 2.54 bits per heavy atom. The van der Waals surface area contributed by atoms with Crippen LogP contribution in [0.5, 0.6) is 5.75 Å². The van der Waals surface area contributed by atoms with Gasteiger partial charge in [0.05, 0.1) is 35.8 Å². The fourth-order valence-electron chi connectivity index (χ4n) is 4.58. The molecule has 0 spiro atoms. The molecule has 0 radical (unpaired) electrons. The number of hydrogen-bond donors (Lipinski definition) is 0. The summed E-state index contributed by atoms with van der Waals surface area (Å²) in [5, 5.41) is 1.84. The zero-order chi connectivity index (χ0) is 25.1. The minimum Gasteiger partial charge on any atom is -0.487 e. The Balaban J connectivity index is 1.78. The second-order valence-corrected chi connectivity index (χ2v) is 8.72. The first-order chi connectivity index (χ1) is 16.8. The van der Waals surface area contributed by atoms with Crippen LogP contribution in [0, 0.1) is 0 Å². The van der Waals surface area contributed by atoms with E-state index in [1.165, 1.54) is 4.90 Å². The molecule has 5 nitrogen and oxygen atoms in total. The van der Waals surface area contributed by atoms with Gasteiger partial charge in [0, 0.05) is 10.9 Å².